The van der Waals surface area contributed by atoms with Crippen LogP contribution in [-0.4, -0.2) is 0 Å². The zero-order chi connectivity index (χ0) is 30.8. The Kier molecular flexibility index (Phi) is 7.72. The number of hydrogen-bond acceptors (Lipinski definition) is 0. The van der Waals surface area contributed by atoms with Gasteiger partial charge in [-0.3, -0.25) is 0 Å². The molecule has 0 radical (unpaired) electrons. The molecule has 45 heavy (non-hydrogen) atoms. The van der Waals surface area contributed by atoms with Crippen LogP contribution in [0.15, 0.2) is 164 Å². The predicted molar refractivity (Wildman–Crippen MR) is 193 cm³/mol. The lowest BCUT2D eigenvalue weighted by Crippen LogP contribution is -1.89. The molecule has 0 fully saturated rings. The highest BCUT2D eigenvalue weighted by atomic mass is 14.2. The van der Waals surface area contributed by atoms with Crippen molar-refractivity contribution in [3.05, 3.63) is 180 Å². The van der Waals surface area contributed by atoms with Gasteiger partial charge in [0.1, 0.15) is 0 Å². The summed E-state index contributed by atoms with van der Waals surface area (Å²) in [5.74, 6) is 0. The third kappa shape index (κ3) is 6.14. The summed E-state index contributed by atoms with van der Waals surface area (Å²) in [5.41, 5.74) is 18.6. The Morgan fingerprint density at radius 2 is 0.578 bits per heavy atom. The molecule has 0 aliphatic carbocycles. The Morgan fingerprint density at radius 1 is 0.222 bits per heavy atom. The van der Waals surface area contributed by atoms with Crippen LogP contribution in [0.25, 0.3) is 66.8 Å². The van der Waals surface area contributed by atoms with Gasteiger partial charge >= 0.3 is 0 Å². The number of benzene rings is 7. The molecule has 0 heteroatoms. The minimum Gasteiger partial charge on any atom is -0.0622 e. The molecular weight excluding hydrogens is 540 g/mol. The number of rotatable bonds is 6. The molecule has 7 aromatic rings. The Bertz CT molecular complexity index is 2100. The molecule has 0 atom stereocenters. The van der Waals surface area contributed by atoms with Crippen molar-refractivity contribution in [2.24, 2.45) is 0 Å². The van der Waals surface area contributed by atoms with Gasteiger partial charge in [0.2, 0.25) is 0 Å². The maximum atomic E-state index is 2.33. The van der Waals surface area contributed by atoms with E-state index in [1.54, 1.807) is 0 Å². The van der Waals surface area contributed by atoms with Gasteiger partial charge in [0.25, 0.3) is 0 Å². The van der Waals surface area contributed by atoms with Crippen LogP contribution in [0.3, 0.4) is 0 Å². The molecule has 0 nitrogen and oxygen atoms in total. The van der Waals surface area contributed by atoms with Gasteiger partial charge in [0.05, 0.1) is 0 Å². The average Bonchev–Trinajstić information content (AvgIpc) is 3.10. The molecule has 0 aliphatic heterocycles. The minimum absolute atomic E-state index is 1.21. The van der Waals surface area contributed by atoms with Crippen LogP contribution in [0, 0.1) is 20.8 Å². The van der Waals surface area contributed by atoms with E-state index in [0.29, 0.717) is 0 Å². The van der Waals surface area contributed by atoms with Crippen molar-refractivity contribution in [3.8, 4) is 66.8 Å². The van der Waals surface area contributed by atoms with E-state index in [9.17, 15) is 0 Å². The van der Waals surface area contributed by atoms with E-state index in [4.69, 9.17) is 0 Å². The summed E-state index contributed by atoms with van der Waals surface area (Å²) >= 11 is 0. The lowest BCUT2D eigenvalue weighted by molar-refractivity contribution is 1.34. The fraction of sp³-hybridized carbons (Fsp3) is 0.0667. The molecule has 0 bridgehead atoms. The topological polar surface area (TPSA) is 0 Å². The van der Waals surface area contributed by atoms with Crippen molar-refractivity contribution in [1.82, 2.24) is 0 Å². The van der Waals surface area contributed by atoms with Crippen molar-refractivity contribution in [2.75, 3.05) is 0 Å². The van der Waals surface area contributed by atoms with Crippen LogP contribution in [0.1, 0.15) is 16.7 Å². The number of aryl methyl sites for hydroxylation is 3. The zero-order valence-corrected chi connectivity index (χ0v) is 26.1. The van der Waals surface area contributed by atoms with Crippen molar-refractivity contribution in [1.29, 1.82) is 0 Å². The van der Waals surface area contributed by atoms with Crippen LogP contribution in [-0.2, 0) is 0 Å². The van der Waals surface area contributed by atoms with Gasteiger partial charge in [0.15, 0.2) is 0 Å². The SMILES string of the molecule is Cc1cccc(-c2cc(-c3ccccc3)cc(-c3ccc(-c4cc(-c5ccccc5)cc(-c5ccc(C)c(C)c5)c4)cc3)c2)c1. The molecule has 0 unspecified atom stereocenters. The van der Waals surface area contributed by atoms with Crippen LogP contribution >= 0.6 is 0 Å². The van der Waals surface area contributed by atoms with Gasteiger partial charge < -0.3 is 0 Å². The summed E-state index contributed by atoms with van der Waals surface area (Å²) in [7, 11) is 0. The van der Waals surface area contributed by atoms with Crippen molar-refractivity contribution in [3.63, 3.8) is 0 Å². The Hall–Kier alpha value is -5.46. The predicted octanol–water partition coefficient (Wildman–Crippen LogP) is 12.6. The van der Waals surface area contributed by atoms with E-state index in [0.717, 1.165) is 0 Å². The van der Waals surface area contributed by atoms with Gasteiger partial charge in [-0.15, -0.1) is 0 Å². The molecule has 7 rings (SSSR count). The number of hydrogen-bond donors (Lipinski definition) is 0. The van der Waals surface area contributed by atoms with E-state index in [2.05, 4.69) is 185 Å². The Morgan fingerprint density at radius 3 is 1.00 bits per heavy atom. The molecule has 0 amide bonds. The standard InChI is InChI=1S/C45H36/c1-31-11-10-16-38(23-31)44-27-40(34-12-6-4-7-13-34)25-42(29-44)36-19-21-37(22-20-36)43-26-41(35-14-8-5-9-15-35)28-45(30-43)39-18-17-32(2)33(3)24-39/h4-30H,1-3H3. The highest BCUT2D eigenvalue weighted by molar-refractivity contribution is 5.84. The van der Waals surface area contributed by atoms with Crippen LogP contribution in [0.5, 0.6) is 0 Å². The smallest absolute Gasteiger partial charge is 0.0172 e. The van der Waals surface area contributed by atoms with Gasteiger partial charge in [-0.2, -0.15) is 0 Å². The molecule has 0 saturated heterocycles. The normalized spacial score (nSPS) is 11.0. The molecule has 0 saturated carbocycles. The van der Waals surface area contributed by atoms with Crippen molar-refractivity contribution >= 4 is 0 Å². The second-order valence-corrected chi connectivity index (χ2v) is 12.1. The first-order valence-electron chi connectivity index (χ1n) is 15.7. The van der Waals surface area contributed by atoms with E-state index < -0.39 is 0 Å². The van der Waals surface area contributed by atoms with E-state index >= 15 is 0 Å². The maximum absolute atomic E-state index is 2.33. The molecule has 7 aromatic carbocycles. The van der Waals surface area contributed by atoms with Crippen molar-refractivity contribution < 1.29 is 0 Å². The zero-order valence-electron chi connectivity index (χ0n) is 26.1. The maximum Gasteiger partial charge on any atom is -0.0172 e. The highest BCUT2D eigenvalue weighted by Gasteiger charge is 2.11. The van der Waals surface area contributed by atoms with Crippen LogP contribution < -0.4 is 0 Å². The van der Waals surface area contributed by atoms with Gasteiger partial charge in [0, 0.05) is 0 Å². The average molecular weight is 577 g/mol. The van der Waals surface area contributed by atoms with Crippen LogP contribution in [0.2, 0.25) is 0 Å². The first-order chi connectivity index (χ1) is 22.0. The molecule has 0 heterocycles. The van der Waals surface area contributed by atoms with Crippen molar-refractivity contribution in [2.45, 2.75) is 20.8 Å². The summed E-state index contributed by atoms with van der Waals surface area (Å²) in [5, 5.41) is 0. The molecule has 0 aliphatic rings. The molecule has 216 valence electrons. The first kappa shape index (κ1) is 28.3. The van der Waals surface area contributed by atoms with Gasteiger partial charge in [-0.05, 0) is 135 Å². The Labute approximate surface area is 267 Å². The molecule has 0 spiro atoms. The van der Waals surface area contributed by atoms with E-state index in [1.165, 1.54) is 83.5 Å². The highest BCUT2D eigenvalue weighted by Crippen LogP contribution is 2.36. The van der Waals surface area contributed by atoms with Gasteiger partial charge in [-0.25, -0.2) is 0 Å². The minimum atomic E-state index is 1.21. The summed E-state index contributed by atoms with van der Waals surface area (Å²) in [6.45, 7) is 6.52. The quantitative estimate of drug-likeness (QED) is 0.185. The Balaban J connectivity index is 1.31. The summed E-state index contributed by atoms with van der Waals surface area (Å²) in [4.78, 5) is 0. The van der Waals surface area contributed by atoms with Crippen LogP contribution in [0.4, 0.5) is 0 Å². The van der Waals surface area contributed by atoms with E-state index in [1.807, 2.05) is 0 Å². The fourth-order valence-corrected chi connectivity index (χ4v) is 6.12. The third-order valence-corrected chi connectivity index (χ3v) is 8.82. The fourth-order valence-electron chi connectivity index (χ4n) is 6.12. The molecule has 0 N–H and O–H groups in total. The lowest BCUT2D eigenvalue weighted by atomic mass is 9.90. The largest absolute Gasteiger partial charge is 0.0622 e. The molecular formula is C45H36. The van der Waals surface area contributed by atoms with E-state index in [-0.39, 0.29) is 0 Å². The summed E-state index contributed by atoms with van der Waals surface area (Å²) in [6.07, 6.45) is 0. The first-order valence-corrected chi connectivity index (χ1v) is 15.7. The summed E-state index contributed by atoms with van der Waals surface area (Å²) in [6, 6.07) is 59.9. The second-order valence-electron chi connectivity index (χ2n) is 12.1. The third-order valence-electron chi connectivity index (χ3n) is 8.82. The molecule has 0 aromatic heterocycles. The second kappa shape index (κ2) is 12.3. The van der Waals surface area contributed by atoms with Gasteiger partial charge in [-0.1, -0.05) is 133 Å². The lowest BCUT2D eigenvalue weighted by Gasteiger charge is -2.14. The monoisotopic (exact) mass is 576 g/mol. The summed E-state index contributed by atoms with van der Waals surface area (Å²) < 4.78 is 0.